The molecule has 1 aromatic heterocycles. The van der Waals surface area contributed by atoms with Gasteiger partial charge in [-0.1, -0.05) is 60.7 Å². The van der Waals surface area contributed by atoms with Crippen LogP contribution >= 0.6 is 0 Å². The minimum atomic E-state index is -3.62. The van der Waals surface area contributed by atoms with E-state index in [-0.39, 0.29) is 23.9 Å². The van der Waals surface area contributed by atoms with E-state index in [1.165, 1.54) is 4.31 Å². The third-order valence-corrected chi connectivity index (χ3v) is 7.85. The first-order valence-corrected chi connectivity index (χ1v) is 12.3. The Labute approximate surface area is 192 Å². The molecule has 1 amide bonds. The normalized spacial score (nSPS) is 15.1. The number of nitrogens with zero attached hydrogens (tertiary/aromatic N) is 4. The minimum Gasteiger partial charge on any atom is -0.336 e. The average molecular weight is 461 g/mol. The van der Waals surface area contributed by atoms with Crippen molar-refractivity contribution in [1.29, 1.82) is 0 Å². The predicted molar refractivity (Wildman–Crippen MR) is 126 cm³/mol. The number of rotatable bonds is 5. The molecule has 7 nitrogen and oxygen atoms in total. The van der Waals surface area contributed by atoms with Crippen LogP contribution in [0.4, 0.5) is 0 Å². The zero-order chi connectivity index (χ0) is 22.8. The van der Waals surface area contributed by atoms with Crippen molar-refractivity contribution in [1.82, 2.24) is 19.0 Å². The van der Waals surface area contributed by atoms with Crippen molar-refractivity contribution in [2.24, 2.45) is 0 Å². The maximum absolute atomic E-state index is 13.2. The minimum absolute atomic E-state index is 0.128. The lowest BCUT2D eigenvalue weighted by molar-refractivity contribution is 0.0698. The summed E-state index contributed by atoms with van der Waals surface area (Å²) in [6.45, 7) is 1.80. The fourth-order valence-electron chi connectivity index (χ4n) is 4.12. The summed E-state index contributed by atoms with van der Waals surface area (Å²) in [6, 6.07) is 22.8. The molecule has 0 aliphatic carbocycles. The Balaban J connectivity index is 1.24. The van der Waals surface area contributed by atoms with E-state index < -0.39 is 10.0 Å². The number of hydrogen-bond acceptors (Lipinski definition) is 4. The van der Waals surface area contributed by atoms with Gasteiger partial charge in [0.2, 0.25) is 10.0 Å². The third kappa shape index (κ3) is 4.40. The molecule has 1 aliphatic rings. The van der Waals surface area contributed by atoms with Crippen molar-refractivity contribution in [2.45, 2.75) is 11.4 Å². The summed E-state index contributed by atoms with van der Waals surface area (Å²) in [4.78, 5) is 14.9. The smallest absolute Gasteiger partial charge is 0.257 e. The molecule has 0 N–H and O–H groups in total. The van der Waals surface area contributed by atoms with E-state index in [1.54, 1.807) is 34.1 Å². The van der Waals surface area contributed by atoms with Gasteiger partial charge in [0.25, 0.3) is 5.91 Å². The second-order valence-electron chi connectivity index (χ2n) is 8.12. The fourth-order valence-corrected chi connectivity index (χ4v) is 5.58. The van der Waals surface area contributed by atoms with Gasteiger partial charge in [0.1, 0.15) is 0 Å². The molecular weight excluding hydrogens is 436 g/mol. The Morgan fingerprint density at radius 2 is 1.55 bits per heavy atom. The molecule has 0 bridgehead atoms. The number of hydrogen-bond donors (Lipinski definition) is 0. The van der Waals surface area contributed by atoms with Crippen LogP contribution in [0.15, 0.2) is 90.1 Å². The lowest BCUT2D eigenvalue weighted by Crippen LogP contribution is -2.50. The zero-order valence-electron chi connectivity index (χ0n) is 18.0. The lowest BCUT2D eigenvalue weighted by Gasteiger charge is -2.33. The summed E-state index contributed by atoms with van der Waals surface area (Å²) >= 11 is 0. The summed E-state index contributed by atoms with van der Waals surface area (Å²) in [5.74, 6) is -0.128. The molecule has 4 aromatic rings. The predicted octanol–water partition coefficient (Wildman–Crippen LogP) is 3.23. The van der Waals surface area contributed by atoms with Gasteiger partial charge in [0.05, 0.1) is 23.2 Å². The molecule has 3 aromatic carbocycles. The van der Waals surface area contributed by atoms with Crippen LogP contribution in [0.5, 0.6) is 0 Å². The molecule has 1 aliphatic heterocycles. The number of piperazine rings is 1. The van der Waals surface area contributed by atoms with Crippen molar-refractivity contribution in [3.63, 3.8) is 0 Å². The Morgan fingerprint density at radius 3 is 2.30 bits per heavy atom. The summed E-state index contributed by atoms with van der Waals surface area (Å²) in [5.41, 5.74) is 1.61. The highest BCUT2D eigenvalue weighted by molar-refractivity contribution is 7.89. The topological polar surface area (TPSA) is 75.5 Å². The lowest BCUT2D eigenvalue weighted by atomic mass is 10.1. The van der Waals surface area contributed by atoms with E-state index >= 15 is 0 Å². The quantitative estimate of drug-likeness (QED) is 0.458. The van der Waals surface area contributed by atoms with E-state index in [0.717, 1.165) is 16.3 Å². The maximum Gasteiger partial charge on any atom is 0.257 e. The van der Waals surface area contributed by atoms with E-state index in [0.29, 0.717) is 25.2 Å². The molecule has 8 heteroatoms. The summed E-state index contributed by atoms with van der Waals surface area (Å²) in [6.07, 6.45) is 3.32. The maximum atomic E-state index is 13.2. The largest absolute Gasteiger partial charge is 0.336 e. The van der Waals surface area contributed by atoms with Crippen LogP contribution in [0.3, 0.4) is 0 Å². The van der Waals surface area contributed by atoms with E-state index in [9.17, 15) is 13.2 Å². The molecule has 1 fully saturated rings. The highest BCUT2D eigenvalue weighted by atomic mass is 32.2. The Bertz CT molecular complexity index is 1390. The van der Waals surface area contributed by atoms with Gasteiger partial charge in [-0.25, -0.2) is 8.42 Å². The number of fused-ring (bicyclic) bond motifs is 1. The first-order valence-electron chi connectivity index (χ1n) is 10.9. The summed E-state index contributed by atoms with van der Waals surface area (Å²) in [7, 11) is -3.62. The van der Waals surface area contributed by atoms with Gasteiger partial charge in [-0.2, -0.15) is 9.40 Å². The molecule has 0 spiro atoms. The number of sulfonamides is 1. The number of benzene rings is 3. The standard InChI is InChI=1S/C25H24N4O3S/c30-25(23-17-26-28(19-23)18-20-6-2-1-3-7-20)27-12-14-29(15-13-27)33(31,32)24-11-10-21-8-4-5-9-22(21)16-24/h1-11,16-17,19H,12-15,18H2. The number of amides is 1. The van der Waals surface area contributed by atoms with Crippen molar-refractivity contribution in [3.05, 3.63) is 96.3 Å². The molecule has 0 unspecified atom stereocenters. The first-order chi connectivity index (χ1) is 16.0. The van der Waals surface area contributed by atoms with Crippen LogP contribution in [0.25, 0.3) is 10.8 Å². The summed E-state index contributed by atoms with van der Waals surface area (Å²) < 4.78 is 29.5. The second kappa shape index (κ2) is 8.80. The molecule has 1 saturated heterocycles. The highest BCUT2D eigenvalue weighted by Gasteiger charge is 2.31. The van der Waals surface area contributed by atoms with Crippen LogP contribution in [0.1, 0.15) is 15.9 Å². The fraction of sp³-hybridized carbons (Fsp3) is 0.200. The Morgan fingerprint density at radius 1 is 0.848 bits per heavy atom. The average Bonchev–Trinajstić information content (AvgIpc) is 3.32. The van der Waals surface area contributed by atoms with Gasteiger partial charge >= 0.3 is 0 Å². The zero-order valence-corrected chi connectivity index (χ0v) is 18.9. The van der Waals surface area contributed by atoms with Crippen LogP contribution in [-0.4, -0.2) is 59.5 Å². The number of aromatic nitrogens is 2. The Kier molecular flexibility index (Phi) is 5.70. The van der Waals surface area contributed by atoms with Crippen LogP contribution in [0.2, 0.25) is 0 Å². The number of carbonyl (C=O) groups is 1. The summed E-state index contributed by atoms with van der Waals surface area (Å²) in [5, 5.41) is 6.20. The molecule has 0 atom stereocenters. The first kappa shape index (κ1) is 21.4. The van der Waals surface area contributed by atoms with Crippen LogP contribution in [0, 0.1) is 0 Å². The van der Waals surface area contributed by atoms with Crippen molar-refractivity contribution < 1.29 is 13.2 Å². The van der Waals surface area contributed by atoms with E-state index in [4.69, 9.17) is 0 Å². The molecule has 0 saturated carbocycles. The van der Waals surface area contributed by atoms with Gasteiger partial charge in [0.15, 0.2) is 0 Å². The van der Waals surface area contributed by atoms with Gasteiger partial charge in [-0.05, 0) is 28.5 Å². The molecule has 2 heterocycles. The Hall–Kier alpha value is -3.49. The second-order valence-corrected chi connectivity index (χ2v) is 10.1. The molecule has 5 rings (SSSR count). The third-order valence-electron chi connectivity index (χ3n) is 5.95. The molecule has 0 radical (unpaired) electrons. The van der Waals surface area contributed by atoms with Crippen LogP contribution < -0.4 is 0 Å². The number of carbonyl (C=O) groups excluding carboxylic acids is 1. The van der Waals surface area contributed by atoms with Gasteiger partial charge in [-0.15, -0.1) is 0 Å². The molecule has 33 heavy (non-hydrogen) atoms. The SMILES string of the molecule is O=C(c1cnn(Cc2ccccc2)c1)N1CCN(S(=O)(=O)c2ccc3ccccc3c2)CC1. The van der Waals surface area contributed by atoms with Gasteiger partial charge in [0, 0.05) is 32.4 Å². The van der Waals surface area contributed by atoms with Crippen LogP contribution in [-0.2, 0) is 16.6 Å². The molecule has 168 valence electrons. The van der Waals surface area contributed by atoms with Gasteiger partial charge in [-0.3, -0.25) is 9.48 Å². The highest BCUT2D eigenvalue weighted by Crippen LogP contribution is 2.23. The van der Waals surface area contributed by atoms with Crippen molar-refractivity contribution in [2.75, 3.05) is 26.2 Å². The molecular formula is C25H24N4O3S. The van der Waals surface area contributed by atoms with Crippen molar-refractivity contribution >= 4 is 26.7 Å². The van der Waals surface area contributed by atoms with E-state index in [1.807, 2.05) is 60.7 Å². The van der Waals surface area contributed by atoms with Gasteiger partial charge < -0.3 is 4.90 Å². The van der Waals surface area contributed by atoms with Crippen molar-refractivity contribution in [3.8, 4) is 0 Å². The monoisotopic (exact) mass is 460 g/mol. The van der Waals surface area contributed by atoms with E-state index in [2.05, 4.69) is 5.10 Å².